The number of anilines is 2. The minimum absolute atomic E-state index is 0.0862. The van der Waals surface area contributed by atoms with Crippen LogP contribution in [0.15, 0.2) is 66.7 Å². The summed E-state index contributed by atoms with van der Waals surface area (Å²) in [6, 6.07) is 16.5. The Morgan fingerprint density at radius 2 is 1.72 bits per heavy atom. The van der Waals surface area contributed by atoms with Gasteiger partial charge in [-0.1, -0.05) is 12.1 Å². The number of nitrogens with one attached hydrogen (secondary N) is 1. The van der Waals surface area contributed by atoms with Crippen molar-refractivity contribution in [1.29, 1.82) is 0 Å². The van der Waals surface area contributed by atoms with Crippen molar-refractivity contribution < 1.29 is 32.2 Å². The molecule has 3 aromatic carbocycles. The van der Waals surface area contributed by atoms with Crippen LogP contribution in [0.1, 0.15) is 27.9 Å². The van der Waals surface area contributed by atoms with E-state index in [1.807, 2.05) is 0 Å². The van der Waals surface area contributed by atoms with Crippen molar-refractivity contribution in [3.05, 3.63) is 83.4 Å². The summed E-state index contributed by atoms with van der Waals surface area (Å²) in [6.45, 7) is 1.15. The van der Waals surface area contributed by atoms with E-state index in [2.05, 4.69) is 5.32 Å². The van der Waals surface area contributed by atoms with E-state index in [0.717, 1.165) is 12.1 Å². The zero-order valence-corrected chi connectivity index (χ0v) is 19.0. The number of nitrogens with zero attached hydrogens (tertiary/aromatic N) is 2. The maximum absolute atomic E-state index is 13.1. The maximum atomic E-state index is 13.1. The van der Waals surface area contributed by atoms with Crippen LogP contribution >= 0.6 is 0 Å². The number of amides is 3. The molecule has 3 aromatic rings. The van der Waals surface area contributed by atoms with Gasteiger partial charge in [0, 0.05) is 36.6 Å². The van der Waals surface area contributed by atoms with Crippen molar-refractivity contribution in [3.63, 3.8) is 0 Å². The van der Waals surface area contributed by atoms with Gasteiger partial charge >= 0.3 is 12.2 Å². The Morgan fingerprint density at radius 3 is 2.50 bits per heavy atom. The molecule has 0 bridgehead atoms. The smallest absolute Gasteiger partial charge is 0.416 e. The largest absolute Gasteiger partial charge is 0.454 e. The zero-order chi connectivity index (χ0) is 25.3. The van der Waals surface area contributed by atoms with Crippen molar-refractivity contribution in [3.8, 4) is 11.5 Å². The lowest BCUT2D eigenvalue weighted by atomic mass is 10.1. The minimum atomic E-state index is -4.44. The third-order valence-electron chi connectivity index (χ3n) is 6.01. The second-order valence-electron chi connectivity index (χ2n) is 8.48. The lowest BCUT2D eigenvalue weighted by molar-refractivity contribution is -0.137. The summed E-state index contributed by atoms with van der Waals surface area (Å²) in [5, 5.41) is 2.81. The van der Waals surface area contributed by atoms with Crippen LogP contribution in [0, 0.1) is 0 Å². The Morgan fingerprint density at radius 1 is 0.944 bits per heavy atom. The SMILES string of the molecule is O=C(Nc1ccc(N2CCCN(Cc3cccc(C(F)(F)F)c3)C2=O)cc1)c1ccc2c(c1)OCO2. The second kappa shape index (κ2) is 9.44. The van der Waals surface area contributed by atoms with E-state index in [1.54, 1.807) is 53.4 Å². The van der Waals surface area contributed by atoms with Gasteiger partial charge < -0.3 is 19.7 Å². The molecule has 0 saturated carbocycles. The monoisotopic (exact) mass is 497 g/mol. The summed E-state index contributed by atoms with van der Waals surface area (Å²) in [7, 11) is 0. The Bertz CT molecular complexity index is 1290. The van der Waals surface area contributed by atoms with Crippen molar-refractivity contribution >= 4 is 23.3 Å². The molecule has 2 heterocycles. The van der Waals surface area contributed by atoms with Crippen molar-refractivity contribution in [2.24, 2.45) is 0 Å². The van der Waals surface area contributed by atoms with E-state index in [1.165, 1.54) is 11.0 Å². The number of fused-ring (bicyclic) bond motifs is 1. The molecule has 2 aliphatic heterocycles. The molecular formula is C26H22F3N3O4. The van der Waals surface area contributed by atoms with Gasteiger partial charge in [-0.15, -0.1) is 0 Å². The van der Waals surface area contributed by atoms with E-state index >= 15 is 0 Å². The summed E-state index contributed by atoms with van der Waals surface area (Å²) in [5.41, 5.74) is 1.28. The number of carbonyl (C=O) groups is 2. The zero-order valence-electron chi connectivity index (χ0n) is 19.0. The molecule has 10 heteroatoms. The van der Waals surface area contributed by atoms with Gasteiger partial charge in [-0.25, -0.2) is 4.79 Å². The Hall–Kier alpha value is -4.21. The fraction of sp³-hybridized carbons (Fsp3) is 0.231. The molecule has 0 spiro atoms. The third kappa shape index (κ3) is 4.93. The Balaban J connectivity index is 1.24. The fourth-order valence-corrected chi connectivity index (χ4v) is 4.20. The van der Waals surface area contributed by atoms with Gasteiger partial charge in [0.2, 0.25) is 6.79 Å². The molecule has 7 nitrogen and oxygen atoms in total. The standard InChI is InChI=1S/C26H22F3N3O4/c27-26(28,29)19-4-1-3-17(13-19)15-31-11-2-12-32(25(31)34)21-8-6-20(7-9-21)30-24(33)18-5-10-22-23(14-18)36-16-35-22/h1,3-10,13-14H,2,11-12,15-16H2,(H,30,33). The second-order valence-corrected chi connectivity index (χ2v) is 8.48. The summed E-state index contributed by atoms with van der Waals surface area (Å²) in [6.07, 6.45) is -3.76. The predicted octanol–water partition coefficient (Wildman–Crippen LogP) is 5.52. The number of benzene rings is 3. The van der Waals surface area contributed by atoms with Crippen molar-refractivity contribution in [2.45, 2.75) is 19.1 Å². The molecule has 0 aliphatic carbocycles. The van der Waals surface area contributed by atoms with Crippen LogP contribution in [-0.2, 0) is 12.7 Å². The first-order chi connectivity index (χ1) is 17.3. The summed E-state index contributed by atoms with van der Waals surface area (Å²) < 4.78 is 49.7. The highest BCUT2D eigenvalue weighted by atomic mass is 19.4. The van der Waals surface area contributed by atoms with E-state index in [4.69, 9.17) is 9.47 Å². The lowest BCUT2D eigenvalue weighted by Crippen LogP contribution is -2.49. The first-order valence-corrected chi connectivity index (χ1v) is 11.3. The van der Waals surface area contributed by atoms with Crippen LogP contribution in [0.2, 0.25) is 0 Å². The van der Waals surface area contributed by atoms with Gasteiger partial charge in [0.1, 0.15) is 0 Å². The van der Waals surface area contributed by atoms with Crippen molar-refractivity contribution in [2.75, 3.05) is 30.1 Å². The maximum Gasteiger partial charge on any atom is 0.416 e. The molecule has 1 fully saturated rings. The highest BCUT2D eigenvalue weighted by Crippen LogP contribution is 2.33. The molecule has 1 N–H and O–H groups in total. The topological polar surface area (TPSA) is 71.1 Å². The van der Waals surface area contributed by atoms with E-state index in [0.29, 0.717) is 53.5 Å². The molecule has 0 radical (unpaired) electrons. The van der Waals surface area contributed by atoms with Gasteiger partial charge in [0.05, 0.1) is 5.56 Å². The van der Waals surface area contributed by atoms with E-state index in [-0.39, 0.29) is 25.3 Å². The van der Waals surface area contributed by atoms with E-state index in [9.17, 15) is 22.8 Å². The van der Waals surface area contributed by atoms with Crippen molar-refractivity contribution in [1.82, 2.24) is 4.90 Å². The molecule has 0 aromatic heterocycles. The van der Waals surface area contributed by atoms with E-state index < -0.39 is 11.7 Å². The molecule has 0 unspecified atom stereocenters. The minimum Gasteiger partial charge on any atom is -0.454 e. The molecule has 3 amide bonds. The summed E-state index contributed by atoms with van der Waals surface area (Å²) in [5.74, 6) is 0.780. The van der Waals surface area contributed by atoms with Gasteiger partial charge in [0.15, 0.2) is 11.5 Å². The Kier molecular flexibility index (Phi) is 6.17. The summed E-state index contributed by atoms with van der Waals surface area (Å²) >= 11 is 0. The number of alkyl halides is 3. The average Bonchev–Trinajstić information content (AvgIpc) is 3.34. The fourth-order valence-electron chi connectivity index (χ4n) is 4.20. The van der Waals surface area contributed by atoms with Crippen LogP contribution in [-0.4, -0.2) is 36.7 Å². The molecule has 36 heavy (non-hydrogen) atoms. The van der Waals surface area contributed by atoms with Crippen LogP contribution < -0.4 is 19.7 Å². The number of rotatable bonds is 5. The quantitative estimate of drug-likeness (QED) is 0.504. The molecule has 5 rings (SSSR count). The number of ether oxygens (including phenoxy) is 2. The van der Waals surface area contributed by atoms with Crippen LogP contribution in [0.5, 0.6) is 11.5 Å². The van der Waals surface area contributed by atoms with Crippen LogP contribution in [0.3, 0.4) is 0 Å². The highest BCUT2D eigenvalue weighted by Gasteiger charge is 2.31. The lowest BCUT2D eigenvalue weighted by Gasteiger charge is -2.35. The third-order valence-corrected chi connectivity index (χ3v) is 6.01. The molecule has 2 aliphatic rings. The first-order valence-electron chi connectivity index (χ1n) is 11.3. The highest BCUT2D eigenvalue weighted by molar-refractivity contribution is 6.05. The number of hydrogen-bond acceptors (Lipinski definition) is 4. The van der Waals surface area contributed by atoms with Gasteiger partial charge in [-0.05, 0) is 66.6 Å². The number of carbonyl (C=O) groups excluding carboxylic acids is 2. The number of halogens is 3. The van der Waals surface area contributed by atoms with Gasteiger partial charge in [-0.3, -0.25) is 9.69 Å². The normalized spacial score (nSPS) is 15.2. The average molecular weight is 497 g/mol. The molecular weight excluding hydrogens is 475 g/mol. The molecule has 1 saturated heterocycles. The predicted molar refractivity (Wildman–Crippen MR) is 126 cm³/mol. The molecule has 0 atom stereocenters. The van der Waals surface area contributed by atoms with Crippen LogP contribution in [0.25, 0.3) is 0 Å². The van der Waals surface area contributed by atoms with Gasteiger partial charge in [-0.2, -0.15) is 13.2 Å². The first kappa shape index (κ1) is 23.5. The Labute approximate surface area is 205 Å². The van der Waals surface area contributed by atoms with Gasteiger partial charge in [0.25, 0.3) is 5.91 Å². The summed E-state index contributed by atoms with van der Waals surface area (Å²) in [4.78, 5) is 28.8. The number of hydrogen-bond donors (Lipinski definition) is 1. The number of urea groups is 1. The molecule has 186 valence electrons. The van der Waals surface area contributed by atoms with Crippen LogP contribution in [0.4, 0.5) is 29.3 Å².